The maximum absolute atomic E-state index is 5.95. The van der Waals surface area contributed by atoms with Crippen molar-refractivity contribution in [2.75, 3.05) is 18.6 Å². The number of nitrogens with zero attached hydrogens (tertiary/aromatic N) is 1. The third kappa shape index (κ3) is 2.25. The summed E-state index contributed by atoms with van der Waals surface area (Å²) in [7, 11) is 2.22. The van der Waals surface area contributed by atoms with E-state index in [0.717, 1.165) is 22.7 Å². The van der Waals surface area contributed by atoms with Crippen molar-refractivity contribution in [3.8, 4) is 5.75 Å². The summed E-state index contributed by atoms with van der Waals surface area (Å²) in [5.41, 5.74) is 1.23. The van der Waals surface area contributed by atoms with Crippen molar-refractivity contribution in [2.45, 2.75) is 38.1 Å². The molecule has 2 aliphatic rings. The topological polar surface area (TPSA) is 12.5 Å². The number of halogens is 1. The Balaban J connectivity index is 1.83. The van der Waals surface area contributed by atoms with Crippen LogP contribution in [-0.4, -0.2) is 19.7 Å². The molecule has 98 valence electrons. The van der Waals surface area contributed by atoms with Gasteiger partial charge in [-0.2, -0.15) is 0 Å². The molecule has 0 aromatic heterocycles. The van der Waals surface area contributed by atoms with Gasteiger partial charge in [-0.3, -0.25) is 0 Å². The van der Waals surface area contributed by atoms with E-state index in [1.165, 1.54) is 37.8 Å². The van der Waals surface area contributed by atoms with Crippen molar-refractivity contribution in [3.05, 3.63) is 22.7 Å². The molecule has 0 N–H and O–H groups in total. The number of fused-ring (bicyclic) bond motifs is 1. The lowest BCUT2D eigenvalue weighted by atomic mass is 9.83. The number of ether oxygens (including phenoxy) is 1. The molecule has 1 aliphatic carbocycles. The summed E-state index contributed by atoms with van der Waals surface area (Å²) in [6, 6.07) is 6.83. The second-order valence-corrected chi connectivity index (χ2v) is 6.42. The SMILES string of the molecule is CN1c2cc(Br)ccc2OCC1C1CCCCC1. The zero-order chi connectivity index (χ0) is 12.5. The fraction of sp³-hybridized carbons (Fsp3) is 0.600. The Morgan fingerprint density at radius 3 is 2.78 bits per heavy atom. The molecule has 1 fully saturated rings. The quantitative estimate of drug-likeness (QED) is 0.770. The van der Waals surface area contributed by atoms with Gasteiger partial charge in [0.15, 0.2) is 0 Å². The first-order valence-electron chi connectivity index (χ1n) is 6.91. The highest BCUT2D eigenvalue weighted by molar-refractivity contribution is 9.10. The molecule has 3 heteroatoms. The average Bonchev–Trinajstić information content (AvgIpc) is 2.41. The van der Waals surface area contributed by atoms with E-state index in [1.54, 1.807) is 0 Å². The van der Waals surface area contributed by atoms with Gasteiger partial charge in [-0.1, -0.05) is 35.2 Å². The molecule has 0 amide bonds. The first-order chi connectivity index (χ1) is 8.75. The van der Waals surface area contributed by atoms with Crippen LogP contribution >= 0.6 is 15.9 Å². The number of anilines is 1. The molecular formula is C15H20BrNO. The standard InChI is InChI=1S/C15H20BrNO/c1-17-13-9-12(16)7-8-15(13)18-10-14(17)11-5-3-2-4-6-11/h7-9,11,14H,2-6,10H2,1H3. The van der Waals surface area contributed by atoms with Gasteiger partial charge in [0.05, 0.1) is 11.7 Å². The Bertz CT molecular complexity index is 429. The van der Waals surface area contributed by atoms with Crippen LogP contribution in [0.3, 0.4) is 0 Å². The molecule has 1 aliphatic heterocycles. The predicted molar refractivity (Wildman–Crippen MR) is 78.4 cm³/mol. The maximum atomic E-state index is 5.95. The Morgan fingerprint density at radius 2 is 2.00 bits per heavy atom. The minimum Gasteiger partial charge on any atom is -0.489 e. The molecule has 1 unspecified atom stereocenters. The van der Waals surface area contributed by atoms with Gasteiger partial charge in [-0.05, 0) is 37.0 Å². The van der Waals surface area contributed by atoms with Gasteiger partial charge in [0.2, 0.25) is 0 Å². The first kappa shape index (κ1) is 12.3. The average molecular weight is 310 g/mol. The highest BCUT2D eigenvalue weighted by Crippen LogP contribution is 2.39. The van der Waals surface area contributed by atoms with E-state index in [2.05, 4.69) is 40.0 Å². The molecule has 0 saturated heterocycles. The van der Waals surface area contributed by atoms with Crippen molar-refractivity contribution in [1.29, 1.82) is 0 Å². The summed E-state index contributed by atoms with van der Waals surface area (Å²) in [6.07, 6.45) is 6.92. The minimum absolute atomic E-state index is 0.548. The van der Waals surface area contributed by atoms with E-state index in [-0.39, 0.29) is 0 Å². The Morgan fingerprint density at radius 1 is 1.22 bits per heavy atom. The lowest BCUT2D eigenvalue weighted by Gasteiger charge is -2.41. The largest absolute Gasteiger partial charge is 0.489 e. The molecule has 3 rings (SSSR count). The van der Waals surface area contributed by atoms with Crippen LogP contribution in [0.2, 0.25) is 0 Å². The Labute approximate surface area is 117 Å². The van der Waals surface area contributed by atoms with Gasteiger partial charge < -0.3 is 9.64 Å². The predicted octanol–water partition coefficient (Wildman–Crippen LogP) is 4.23. The number of hydrogen-bond acceptors (Lipinski definition) is 2. The van der Waals surface area contributed by atoms with E-state index < -0.39 is 0 Å². The van der Waals surface area contributed by atoms with Gasteiger partial charge in [-0.25, -0.2) is 0 Å². The van der Waals surface area contributed by atoms with Gasteiger partial charge in [0.1, 0.15) is 12.4 Å². The van der Waals surface area contributed by atoms with Gasteiger partial charge in [0, 0.05) is 11.5 Å². The molecule has 1 aromatic rings. The first-order valence-corrected chi connectivity index (χ1v) is 7.70. The molecular weight excluding hydrogens is 290 g/mol. The van der Waals surface area contributed by atoms with Crippen LogP contribution in [0.25, 0.3) is 0 Å². The lowest BCUT2D eigenvalue weighted by molar-refractivity contribution is 0.195. The van der Waals surface area contributed by atoms with Gasteiger partial charge in [-0.15, -0.1) is 0 Å². The van der Waals surface area contributed by atoms with E-state index in [1.807, 2.05) is 6.07 Å². The van der Waals surface area contributed by atoms with Crippen molar-refractivity contribution in [3.63, 3.8) is 0 Å². The van der Waals surface area contributed by atoms with Crippen LogP contribution in [0.5, 0.6) is 5.75 Å². The molecule has 0 radical (unpaired) electrons. The Hall–Kier alpha value is -0.700. The lowest BCUT2D eigenvalue weighted by Crippen LogP contribution is -2.46. The molecule has 0 bridgehead atoms. The molecule has 0 spiro atoms. The molecule has 1 heterocycles. The second-order valence-electron chi connectivity index (χ2n) is 5.50. The molecule has 1 aromatic carbocycles. The third-order valence-corrected chi connectivity index (χ3v) is 4.90. The number of likely N-dealkylation sites (N-methyl/N-ethyl adjacent to an activating group) is 1. The Kier molecular flexibility index (Phi) is 3.51. The van der Waals surface area contributed by atoms with Crippen LogP contribution in [0.1, 0.15) is 32.1 Å². The molecule has 1 saturated carbocycles. The highest BCUT2D eigenvalue weighted by atomic mass is 79.9. The maximum Gasteiger partial charge on any atom is 0.142 e. The van der Waals surface area contributed by atoms with Crippen molar-refractivity contribution in [2.24, 2.45) is 5.92 Å². The number of benzene rings is 1. The summed E-state index contributed by atoms with van der Waals surface area (Å²) >= 11 is 3.55. The van der Waals surface area contributed by atoms with E-state index in [4.69, 9.17) is 4.74 Å². The van der Waals surface area contributed by atoms with Crippen LogP contribution in [0.4, 0.5) is 5.69 Å². The summed E-state index contributed by atoms with van der Waals surface area (Å²) in [4.78, 5) is 2.43. The van der Waals surface area contributed by atoms with Gasteiger partial charge >= 0.3 is 0 Å². The van der Waals surface area contributed by atoms with Crippen molar-refractivity contribution in [1.82, 2.24) is 0 Å². The summed E-state index contributed by atoms with van der Waals surface area (Å²) < 4.78 is 7.08. The second kappa shape index (κ2) is 5.12. The van der Waals surface area contributed by atoms with E-state index >= 15 is 0 Å². The highest BCUT2D eigenvalue weighted by Gasteiger charge is 2.32. The smallest absolute Gasteiger partial charge is 0.142 e. The van der Waals surface area contributed by atoms with Crippen LogP contribution in [-0.2, 0) is 0 Å². The fourth-order valence-corrected chi connectivity index (χ4v) is 3.67. The van der Waals surface area contributed by atoms with Crippen molar-refractivity contribution >= 4 is 21.6 Å². The monoisotopic (exact) mass is 309 g/mol. The minimum atomic E-state index is 0.548. The van der Waals surface area contributed by atoms with Crippen LogP contribution < -0.4 is 9.64 Å². The number of rotatable bonds is 1. The fourth-order valence-electron chi connectivity index (χ4n) is 3.33. The third-order valence-electron chi connectivity index (χ3n) is 4.40. The summed E-state index contributed by atoms with van der Waals surface area (Å²) in [5, 5.41) is 0. The molecule has 2 nitrogen and oxygen atoms in total. The van der Waals surface area contributed by atoms with Crippen LogP contribution in [0.15, 0.2) is 22.7 Å². The summed E-state index contributed by atoms with van der Waals surface area (Å²) in [6.45, 7) is 0.843. The summed E-state index contributed by atoms with van der Waals surface area (Å²) in [5.74, 6) is 1.82. The van der Waals surface area contributed by atoms with E-state index in [0.29, 0.717) is 6.04 Å². The van der Waals surface area contributed by atoms with Crippen molar-refractivity contribution < 1.29 is 4.74 Å². The normalized spacial score (nSPS) is 24.6. The van der Waals surface area contributed by atoms with Gasteiger partial charge in [0.25, 0.3) is 0 Å². The zero-order valence-electron chi connectivity index (χ0n) is 10.9. The molecule has 18 heavy (non-hydrogen) atoms. The number of hydrogen-bond donors (Lipinski definition) is 0. The van der Waals surface area contributed by atoms with E-state index in [9.17, 15) is 0 Å². The zero-order valence-corrected chi connectivity index (χ0v) is 12.4. The van der Waals surface area contributed by atoms with Crippen LogP contribution in [0, 0.1) is 5.92 Å². The molecule has 1 atom stereocenters.